The topological polar surface area (TPSA) is 26.0 Å². The van der Waals surface area contributed by atoms with E-state index < -0.39 is 17.7 Å². The van der Waals surface area contributed by atoms with E-state index in [9.17, 15) is 8.78 Å². The van der Waals surface area contributed by atoms with Gasteiger partial charge in [0.2, 0.25) is 0 Å². The molecule has 94 valence electrons. The molecule has 0 fully saturated rings. The zero-order chi connectivity index (χ0) is 13.3. The van der Waals surface area contributed by atoms with Crippen LogP contribution in [0, 0.1) is 11.6 Å². The molecular formula is C13H9BrClF2N. The fourth-order valence-corrected chi connectivity index (χ4v) is 2.31. The van der Waals surface area contributed by atoms with Crippen LogP contribution in [0.15, 0.2) is 40.9 Å². The zero-order valence-corrected chi connectivity index (χ0v) is 11.5. The maximum Gasteiger partial charge on any atom is 0.142 e. The molecule has 5 heteroatoms. The van der Waals surface area contributed by atoms with Crippen LogP contribution in [0.1, 0.15) is 17.2 Å². The van der Waals surface area contributed by atoms with Crippen molar-refractivity contribution >= 4 is 27.5 Å². The minimum atomic E-state index is -0.814. The highest BCUT2D eigenvalue weighted by molar-refractivity contribution is 9.10. The van der Waals surface area contributed by atoms with E-state index in [1.165, 1.54) is 12.1 Å². The third kappa shape index (κ3) is 2.41. The molecule has 18 heavy (non-hydrogen) atoms. The monoisotopic (exact) mass is 331 g/mol. The molecule has 1 nitrogen and oxygen atoms in total. The second kappa shape index (κ2) is 5.34. The van der Waals surface area contributed by atoms with Crippen molar-refractivity contribution in [3.63, 3.8) is 0 Å². The van der Waals surface area contributed by atoms with Crippen molar-refractivity contribution < 1.29 is 8.78 Å². The van der Waals surface area contributed by atoms with Crippen LogP contribution >= 0.6 is 27.5 Å². The number of rotatable bonds is 2. The van der Waals surface area contributed by atoms with Gasteiger partial charge in [0.05, 0.1) is 15.5 Å². The lowest BCUT2D eigenvalue weighted by molar-refractivity contribution is 0.590. The van der Waals surface area contributed by atoms with Gasteiger partial charge in [-0.2, -0.15) is 0 Å². The van der Waals surface area contributed by atoms with Crippen molar-refractivity contribution in [3.05, 3.63) is 68.7 Å². The highest BCUT2D eigenvalue weighted by atomic mass is 79.9. The summed E-state index contributed by atoms with van der Waals surface area (Å²) in [6, 6.07) is 8.27. The van der Waals surface area contributed by atoms with Crippen LogP contribution in [-0.2, 0) is 0 Å². The minimum Gasteiger partial charge on any atom is -0.320 e. The molecule has 2 rings (SSSR count). The fraction of sp³-hybridized carbons (Fsp3) is 0.0769. The summed E-state index contributed by atoms with van der Waals surface area (Å²) in [6.45, 7) is 0. The van der Waals surface area contributed by atoms with Gasteiger partial charge in [-0.25, -0.2) is 8.78 Å². The first-order valence-electron chi connectivity index (χ1n) is 5.15. The molecule has 0 spiro atoms. The number of hydrogen-bond acceptors (Lipinski definition) is 1. The lowest BCUT2D eigenvalue weighted by atomic mass is 9.99. The molecule has 0 aromatic heterocycles. The molecule has 0 aliphatic carbocycles. The molecule has 2 N–H and O–H groups in total. The van der Waals surface area contributed by atoms with Crippen molar-refractivity contribution in [1.82, 2.24) is 0 Å². The summed E-state index contributed by atoms with van der Waals surface area (Å²) in [5.41, 5.74) is 6.56. The van der Waals surface area contributed by atoms with E-state index in [2.05, 4.69) is 15.9 Å². The summed E-state index contributed by atoms with van der Waals surface area (Å²) >= 11 is 8.92. The van der Waals surface area contributed by atoms with E-state index in [1.807, 2.05) is 0 Å². The lowest BCUT2D eigenvalue weighted by Gasteiger charge is -2.15. The maximum absolute atomic E-state index is 13.9. The van der Waals surface area contributed by atoms with Crippen LogP contribution in [0.2, 0.25) is 5.02 Å². The summed E-state index contributed by atoms with van der Waals surface area (Å²) in [5.74, 6) is -1.04. The number of hydrogen-bond donors (Lipinski definition) is 1. The van der Waals surface area contributed by atoms with Crippen LogP contribution in [0.4, 0.5) is 8.78 Å². The van der Waals surface area contributed by atoms with Gasteiger partial charge in [-0.05, 0) is 33.6 Å². The predicted molar refractivity (Wildman–Crippen MR) is 71.5 cm³/mol. The Balaban J connectivity index is 2.51. The quantitative estimate of drug-likeness (QED) is 0.865. The Morgan fingerprint density at radius 2 is 1.67 bits per heavy atom. The average Bonchev–Trinajstić information content (AvgIpc) is 2.35. The van der Waals surface area contributed by atoms with Crippen LogP contribution in [0.25, 0.3) is 0 Å². The third-order valence-corrected chi connectivity index (χ3v) is 3.64. The summed E-state index contributed by atoms with van der Waals surface area (Å²) in [5, 5.41) is -0.0793. The third-order valence-electron chi connectivity index (χ3n) is 2.63. The van der Waals surface area contributed by atoms with Gasteiger partial charge in [0.15, 0.2) is 0 Å². The van der Waals surface area contributed by atoms with Gasteiger partial charge in [0.25, 0.3) is 0 Å². The van der Waals surface area contributed by atoms with Gasteiger partial charge in [-0.1, -0.05) is 35.9 Å². The number of benzene rings is 2. The Morgan fingerprint density at radius 3 is 2.39 bits per heavy atom. The summed E-state index contributed by atoms with van der Waals surface area (Å²) in [4.78, 5) is 0. The molecule has 0 heterocycles. The van der Waals surface area contributed by atoms with E-state index in [1.54, 1.807) is 24.3 Å². The SMILES string of the molecule is NC(c1cccc(Br)c1F)c1cccc(F)c1Cl. The Kier molecular flexibility index (Phi) is 4.00. The van der Waals surface area contributed by atoms with Gasteiger partial charge < -0.3 is 5.73 Å². The van der Waals surface area contributed by atoms with Crippen molar-refractivity contribution in [2.24, 2.45) is 5.73 Å². The van der Waals surface area contributed by atoms with Crippen molar-refractivity contribution in [2.75, 3.05) is 0 Å². The second-order valence-corrected chi connectivity index (χ2v) is 5.00. The van der Waals surface area contributed by atoms with E-state index in [0.717, 1.165) is 0 Å². The minimum absolute atomic E-state index is 0.0793. The van der Waals surface area contributed by atoms with Gasteiger partial charge in [0.1, 0.15) is 11.6 Å². The summed E-state index contributed by atoms with van der Waals surface area (Å²) < 4.78 is 27.6. The number of nitrogens with two attached hydrogens (primary N) is 1. The molecule has 1 atom stereocenters. The fourth-order valence-electron chi connectivity index (χ4n) is 1.69. The summed E-state index contributed by atoms with van der Waals surface area (Å²) in [6.07, 6.45) is 0. The Labute approximate surface area is 117 Å². The average molecular weight is 333 g/mol. The second-order valence-electron chi connectivity index (χ2n) is 3.76. The molecule has 2 aromatic rings. The zero-order valence-electron chi connectivity index (χ0n) is 9.13. The van der Waals surface area contributed by atoms with Gasteiger partial charge >= 0.3 is 0 Å². The first kappa shape index (κ1) is 13.5. The molecule has 2 aromatic carbocycles. The highest BCUT2D eigenvalue weighted by Gasteiger charge is 2.19. The van der Waals surface area contributed by atoms with Crippen molar-refractivity contribution in [2.45, 2.75) is 6.04 Å². The van der Waals surface area contributed by atoms with E-state index in [-0.39, 0.29) is 10.6 Å². The molecule has 1 unspecified atom stereocenters. The van der Waals surface area contributed by atoms with Crippen LogP contribution < -0.4 is 5.73 Å². The van der Waals surface area contributed by atoms with Crippen molar-refractivity contribution in [3.8, 4) is 0 Å². The molecular weight excluding hydrogens is 324 g/mol. The van der Waals surface area contributed by atoms with E-state index in [4.69, 9.17) is 17.3 Å². The van der Waals surface area contributed by atoms with Gasteiger partial charge in [0, 0.05) is 5.56 Å². The van der Waals surface area contributed by atoms with Crippen LogP contribution in [0.5, 0.6) is 0 Å². The Hall–Kier alpha value is -0.970. The first-order valence-corrected chi connectivity index (χ1v) is 6.33. The Bertz CT molecular complexity index is 538. The largest absolute Gasteiger partial charge is 0.320 e. The Morgan fingerprint density at radius 1 is 1.06 bits per heavy atom. The molecule has 0 amide bonds. The highest BCUT2D eigenvalue weighted by Crippen LogP contribution is 2.31. The number of halogens is 4. The first-order chi connectivity index (χ1) is 8.52. The normalized spacial score (nSPS) is 12.5. The van der Waals surface area contributed by atoms with E-state index in [0.29, 0.717) is 10.0 Å². The molecule has 0 bridgehead atoms. The molecule has 0 aliphatic heterocycles. The molecule has 0 saturated carbocycles. The van der Waals surface area contributed by atoms with Crippen LogP contribution in [0.3, 0.4) is 0 Å². The van der Waals surface area contributed by atoms with Gasteiger partial charge in [-0.15, -0.1) is 0 Å². The standard InChI is InChI=1S/C13H9BrClF2N/c14-9-5-1-4-8(12(9)17)13(18)7-3-2-6-10(16)11(7)15/h1-6,13H,18H2. The smallest absolute Gasteiger partial charge is 0.142 e. The predicted octanol–water partition coefficient (Wildman–Crippen LogP) is 4.43. The van der Waals surface area contributed by atoms with Gasteiger partial charge in [-0.3, -0.25) is 0 Å². The molecule has 0 radical (unpaired) electrons. The van der Waals surface area contributed by atoms with Crippen LogP contribution in [-0.4, -0.2) is 0 Å². The molecule has 0 saturated heterocycles. The molecule has 0 aliphatic rings. The van der Waals surface area contributed by atoms with E-state index >= 15 is 0 Å². The summed E-state index contributed by atoms with van der Waals surface area (Å²) in [7, 11) is 0. The van der Waals surface area contributed by atoms with Crippen molar-refractivity contribution in [1.29, 1.82) is 0 Å². The maximum atomic E-state index is 13.9. The lowest BCUT2D eigenvalue weighted by Crippen LogP contribution is -2.14.